The van der Waals surface area contributed by atoms with E-state index in [0.717, 1.165) is 25.9 Å². The molecule has 0 saturated heterocycles. The Morgan fingerprint density at radius 2 is 2.21 bits per heavy atom. The van der Waals surface area contributed by atoms with Gasteiger partial charge in [-0.3, -0.25) is 9.48 Å². The van der Waals surface area contributed by atoms with E-state index in [1.54, 1.807) is 4.68 Å². The lowest BCUT2D eigenvalue weighted by atomic mass is 10.2. The first kappa shape index (κ1) is 15.7. The van der Waals surface area contributed by atoms with Crippen molar-refractivity contribution in [3.63, 3.8) is 0 Å². The van der Waals surface area contributed by atoms with Gasteiger partial charge in [-0.2, -0.15) is 5.10 Å². The molecule has 0 saturated carbocycles. The molecule has 0 aliphatic carbocycles. The maximum absolute atomic E-state index is 11.8. The highest BCUT2D eigenvalue weighted by molar-refractivity contribution is 5.81. The van der Waals surface area contributed by atoms with Crippen LogP contribution in [-0.4, -0.2) is 34.8 Å². The van der Waals surface area contributed by atoms with E-state index in [9.17, 15) is 4.79 Å². The van der Waals surface area contributed by atoms with E-state index in [1.165, 1.54) is 18.4 Å². The Bertz CT molecular complexity index is 375. The average Bonchev–Trinajstić information content (AvgIpc) is 2.80. The quantitative estimate of drug-likeness (QED) is 0.661. The number of nitrogens with zero attached hydrogens (tertiary/aromatic N) is 2. The van der Waals surface area contributed by atoms with Crippen molar-refractivity contribution in [1.29, 1.82) is 0 Å². The summed E-state index contributed by atoms with van der Waals surface area (Å²) in [5.74, 6) is 0.0855. The average molecular weight is 266 g/mol. The number of aromatic nitrogens is 2. The molecule has 1 atom stereocenters. The smallest absolute Gasteiger partial charge is 0.236 e. The molecule has 1 aromatic heterocycles. The van der Waals surface area contributed by atoms with Crippen LogP contribution in [0.15, 0.2) is 12.4 Å². The third-order valence-electron chi connectivity index (χ3n) is 3.10. The molecule has 0 fully saturated rings. The van der Waals surface area contributed by atoms with Gasteiger partial charge in [0.15, 0.2) is 0 Å². The van der Waals surface area contributed by atoms with Gasteiger partial charge >= 0.3 is 0 Å². The third-order valence-corrected chi connectivity index (χ3v) is 3.10. The van der Waals surface area contributed by atoms with Crippen molar-refractivity contribution >= 4 is 5.91 Å². The first-order valence-electron chi connectivity index (χ1n) is 7.12. The first-order valence-corrected chi connectivity index (χ1v) is 7.12. The molecule has 0 radical (unpaired) electrons. The Morgan fingerprint density at radius 1 is 1.42 bits per heavy atom. The molecule has 5 nitrogen and oxygen atoms in total. The summed E-state index contributed by atoms with van der Waals surface area (Å²) in [4.78, 5) is 11.8. The number of hydrogen-bond donors (Lipinski definition) is 2. The van der Waals surface area contributed by atoms with E-state index in [2.05, 4.69) is 22.7 Å². The fourth-order valence-electron chi connectivity index (χ4n) is 1.87. The number of hydrogen-bond acceptors (Lipinski definition) is 3. The predicted octanol–water partition coefficient (Wildman–Crippen LogP) is 1.25. The zero-order valence-electron chi connectivity index (χ0n) is 12.3. The van der Waals surface area contributed by atoms with Gasteiger partial charge in [0.2, 0.25) is 5.91 Å². The molecule has 2 N–H and O–H groups in total. The number of carbonyl (C=O) groups excluding carboxylic acids is 1. The number of amides is 1. The van der Waals surface area contributed by atoms with Gasteiger partial charge in [0, 0.05) is 26.3 Å². The van der Waals surface area contributed by atoms with Crippen molar-refractivity contribution < 1.29 is 4.79 Å². The van der Waals surface area contributed by atoms with Crippen LogP contribution in [0.5, 0.6) is 0 Å². The normalized spacial score (nSPS) is 12.4. The van der Waals surface area contributed by atoms with E-state index in [0.29, 0.717) is 0 Å². The van der Waals surface area contributed by atoms with Gasteiger partial charge in [-0.05, 0) is 25.3 Å². The van der Waals surface area contributed by atoms with Crippen LogP contribution in [0.2, 0.25) is 0 Å². The van der Waals surface area contributed by atoms with Crippen molar-refractivity contribution in [3.05, 3.63) is 18.0 Å². The summed E-state index contributed by atoms with van der Waals surface area (Å²) in [6, 6.07) is -0.140. The molecule has 5 heteroatoms. The Kier molecular flexibility index (Phi) is 7.18. The highest BCUT2D eigenvalue weighted by atomic mass is 16.2. The number of nitrogens with one attached hydrogen (secondary N) is 2. The topological polar surface area (TPSA) is 59.0 Å². The number of rotatable bonds is 9. The lowest BCUT2D eigenvalue weighted by Crippen LogP contribution is -2.43. The van der Waals surface area contributed by atoms with Gasteiger partial charge in [0.05, 0.1) is 12.2 Å². The summed E-state index contributed by atoms with van der Waals surface area (Å²) in [5.41, 5.74) is 1.19. The van der Waals surface area contributed by atoms with Crippen LogP contribution in [0, 0.1) is 0 Å². The molecule has 0 aliphatic rings. The Labute approximate surface area is 115 Å². The highest BCUT2D eigenvalue weighted by Gasteiger charge is 2.10. The third kappa shape index (κ3) is 6.38. The molecule has 1 unspecified atom stereocenters. The summed E-state index contributed by atoms with van der Waals surface area (Å²) in [7, 11) is 1.91. The largest absolute Gasteiger partial charge is 0.355 e. The van der Waals surface area contributed by atoms with Crippen LogP contribution in [0.3, 0.4) is 0 Å². The zero-order chi connectivity index (χ0) is 14.1. The van der Waals surface area contributed by atoms with E-state index >= 15 is 0 Å². The van der Waals surface area contributed by atoms with Crippen molar-refractivity contribution in [2.45, 2.75) is 45.6 Å². The van der Waals surface area contributed by atoms with Crippen molar-refractivity contribution in [2.24, 2.45) is 7.05 Å². The fraction of sp³-hybridized carbons (Fsp3) is 0.714. The highest BCUT2D eigenvalue weighted by Crippen LogP contribution is 1.97. The van der Waals surface area contributed by atoms with Crippen LogP contribution in [0.25, 0.3) is 0 Å². The Morgan fingerprint density at radius 3 is 2.84 bits per heavy atom. The SMILES string of the molecule is CCCCCNC(=O)C(C)NCCc1cnn(C)c1. The van der Waals surface area contributed by atoms with Gasteiger partial charge in [0.1, 0.15) is 0 Å². The van der Waals surface area contributed by atoms with E-state index in [-0.39, 0.29) is 11.9 Å². The summed E-state index contributed by atoms with van der Waals surface area (Å²) in [6.45, 7) is 5.62. The zero-order valence-corrected chi connectivity index (χ0v) is 12.3. The summed E-state index contributed by atoms with van der Waals surface area (Å²) < 4.78 is 1.79. The van der Waals surface area contributed by atoms with E-state index in [1.807, 2.05) is 26.4 Å². The second-order valence-corrected chi connectivity index (χ2v) is 4.95. The van der Waals surface area contributed by atoms with Crippen molar-refractivity contribution in [2.75, 3.05) is 13.1 Å². The van der Waals surface area contributed by atoms with E-state index < -0.39 is 0 Å². The molecule has 0 bridgehead atoms. The number of aryl methyl sites for hydroxylation is 1. The maximum Gasteiger partial charge on any atom is 0.236 e. The second kappa shape index (κ2) is 8.69. The summed E-state index contributed by atoms with van der Waals surface area (Å²) in [6.07, 6.45) is 8.15. The number of unbranched alkanes of at least 4 members (excludes halogenated alkanes) is 2. The standard InChI is InChI=1S/C14H26N4O/c1-4-5-6-8-16-14(19)12(2)15-9-7-13-10-17-18(3)11-13/h10-12,15H,4-9H2,1-3H3,(H,16,19). The van der Waals surface area contributed by atoms with Gasteiger partial charge in [-0.25, -0.2) is 0 Å². The molecule has 19 heavy (non-hydrogen) atoms. The maximum atomic E-state index is 11.8. The Balaban J connectivity index is 2.12. The van der Waals surface area contributed by atoms with Crippen LogP contribution < -0.4 is 10.6 Å². The monoisotopic (exact) mass is 266 g/mol. The molecular weight excluding hydrogens is 240 g/mol. The van der Waals surface area contributed by atoms with Gasteiger partial charge < -0.3 is 10.6 Å². The van der Waals surface area contributed by atoms with Crippen LogP contribution in [0.1, 0.15) is 38.7 Å². The molecule has 1 amide bonds. The molecule has 0 spiro atoms. The lowest BCUT2D eigenvalue weighted by molar-refractivity contribution is -0.122. The molecule has 0 aromatic carbocycles. The van der Waals surface area contributed by atoms with Gasteiger partial charge in [0.25, 0.3) is 0 Å². The molecule has 1 rings (SSSR count). The van der Waals surface area contributed by atoms with Crippen LogP contribution in [-0.2, 0) is 18.3 Å². The molecule has 0 aliphatic heterocycles. The molecular formula is C14H26N4O. The van der Waals surface area contributed by atoms with Gasteiger partial charge in [-0.1, -0.05) is 19.8 Å². The molecule has 1 aromatic rings. The fourth-order valence-corrected chi connectivity index (χ4v) is 1.87. The molecule has 1 heterocycles. The number of carbonyl (C=O) groups is 1. The summed E-state index contributed by atoms with van der Waals surface area (Å²) >= 11 is 0. The van der Waals surface area contributed by atoms with Crippen LogP contribution >= 0.6 is 0 Å². The Hall–Kier alpha value is -1.36. The van der Waals surface area contributed by atoms with Gasteiger partial charge in [-0.15, -0.1) is 0 Å². The summed E-state index contributed by atoms with van der Waals surface area (Å²) in [5, 5.41) is 10.3. The first-order chi connectivity index (χ1) is 9.13. The minimum Gasteiger partial charge on any atom is -0.355 e. The predicted molar refractivity (Wildman–Crippen MR) is 76.9 cm³/mol. The van der Waals surface area contributed by atoms with Crippen molar-refractivity contribution in [3.8, 4) is 0 Å². The van der Waals surface area contributed by atoms with Crippen LogP contribution in [0.4, 0.5) is 0 Å². The minimum atomic E-state index is -0.140. The van der Waals surface area contributed by atoms with E-state index in [4.69, 9.17) is 0 Å². The molecule has 108 valence electrons. The minimum absolute atomic E-state index is 0.0855. The lowest BCUT2D eigenvalue weighted by Gasteiger charge is -2.13. The van der Waals surface area contributed by atoms with Crippen molar-refractivity contribution in [1.82, 2.24) is 20.4 Å². The second-order valence-electron chi connectivity index (χ2n) is 4.95.